The number of amides is 2. The van der Waals surface area contributed by atoms with Gasteiger partial charge in [0.1, 0.15) is 24.2 Å². The van der Waals surface area contributed by atoms with Crippen LogP contribution in [0, 0.1) is 5.82 Å². The van der Waals surface area contributed by atoms with Crippen LogP contribution in [0.3, 0.4) is 0 Å². The van der Waals surface area contributed by atoms with E-state index >= 15 is 0 Å². The van der Waals surface area contributed by atoms with Crippen molar-refractivity contribution in [1.29, 1.82) is 0 Å². The molecule has 0 saturated carbocycles. The van der Waals surface area contributed by atoms with E-state index in [4.69, 9.17) is 16.3 Å². The minimum atomic E-state index is -3.90. The van der Waals surface area contributed by atoms with Crippen molar-refractivity contribution < 1.29 is 27.1 Å². The first kappa shape index (κ1) is 28.4. The van der Waals surface area contributed by atoms with Gasteiger partial charge >= 0.3 is 0 Å². The highest BCUT2D eigenvalue weighted by molar-refractivity contribution is 7.92. The van der Waals surface area contributed by atoms with Gasteiger partial charge in [-0.3, -0.25) is 13.9 Å². The van der Waals surface area contributed by atoms with Crippen LogP contribution in [0.25, 0.3) is 0 Å². The quantitative estimate of drug-likeness (QED) is 0.482. The van der Waals surface area contributed by atoms with E-state index in [1.807, 2.05) is 0 Å². The number of halogens is 2. The smallest absolute Gasteiger partial charge is 0.244 e. The van der Waals surface area contributed by atoms with E-state index in [9.17, 15) is 22.4 Å². The fourth-order valence-electron chi connectivity index (χ4n) is 3.51. The van der Waals surface area contributed by atoms with Gasteiger partial charge in [-0.05, 0) is 56.2 Å². The monoisotopic (exact) mass is 527 g/mol. The molecule has 0 spiro atoms. The molecule has 2 rings (SSSR count). The second-order valence-corrected chi connectivity index (χ2v) is 10.6. The number of carbonyl (C=O) groups is 2. The number of benzene rings is 2. The van der Waals surface area contributed by atoms with Crippen LogP contribution >= 0.6 is 11.6 Å². The molecule has 2 aromatic carbocycles. The third-order valence-electron chi connectivity index (χ3n) is 5.19. The van der Waals surface area contributed by atoms with Gasteiger partial charge in [0.2, 0.25) is 21.8 Å². The normalized spacial score (nSPS) is 12.2. The average Bonchev–Trinajstić information content (AvgIpc) is 2.77. The van der Waals surface area contributed by atoms with E-state index in [-0.39, 0.29) is 29.2 Å². The molecule has 35 heavy (non-hydrogen) atoms. The standard InChI is InChI=1S/C24H31ClFN3O5S/c1-6-21(24(31)27-16(2)3)28(14-17-7-9-18(26)10-8-17)23(30)15-29(35(5,32)33)19-11-12-22(34-4)20(25)13-19/h7-13,16,21H,6,14-15H2,1-5H3,(H,27,31). The Labute approximate surface area is 211 Å². The number of methoxy groups -OCH3 is 1. The molecule has 1 unspecified atom stereocenters. The molecule has 0 bridgehead atoms. The van der Waals surface area contributed by atoms with Gasteiger partial charge < -0.3 is 15.0 Å². The lowest BCUT2D eigenvalue weighted by Crippen LogP contribution is -2.53. The van der Waals surface area contributed by atoms with Gasteiger partial charge in [0.25, 0.3) is 0 Å². The van der Waals surface area contributed by atoms with Crippen molar-refractivity contribution in [1.82, 2.24) is 10.2 Å². The summed E-state index contributed by atoms with van der Waals surface area (Å²) in [4.78, 5) is 27.8. The predicted octanol–water partition coefficient (Wildman–Crippen LogP) is 3.59. The first-order valence-corrected chi connectivity index (χ1v) is 13.3. The van der Waals surface area contributed by atoms with E-state index in [1.165, 1.54) is 54.5 Å². The number of sulfonamides is 1. The third kappa shape index (κ3) is 7.83. The van der Waals surface area contributed by atoms with Crippen LogP contribution in [0.15, 0.2) is 42.5 Å². The Morgan fingerprint density at radius 1 is 1.14 bits per heavy atom. The van der Waals surface area contributed by atoms with E-state index in [0.29, 0.717) is 17.7 Å². The minimum absolute atomic E-state index is 0.00982. The fraction of sp³-hybridized carbons (Fsp3) is 0.417. The Bertz CT molecular complexity index is 1140. The molecule has 192 valence electrons. The van der Waals surface area contributed by atoms with Crippen LogP contribution in [-0.2, 0) is 26.2 Å². The van der Waals surface area contributed by atoms with Crippen LogP contribution in [0.2, 0.25) is 5.02 Å². The maximum atomic E-state index is 13.6. The van der Waals surface area contributed by atoms with E-state index in [1.54, 1.807) is 20.8 Å². The summed E-state index contributed by atoms with van der Waals surface area (Å²) < 4.78 is 44.7. The van der Waals surface area contributed by atoms with E-state index in [2.05, 4.69) is 5.32 Å². The van der Waals surface area contributed by atoms with Crippen molar-refractivity contribution >= 4 is 39.1 Å². The number of ether oxygens (including phenoxy) is 1. The van der Waals surface area contributed by atoms with E-state index in [0.717, 1.165) is 10.6 Å². The molecule has 0 fully saturated rings. The second-order valence-electron chi connectivity index (χ2n) is 8.32. The minimum Gasteiger partial charge on any atom is -0.495 e. The van der Waals surface area contributed by atoms with Gasteiger partial charge in [-0.25, -0.2) is 12.8 Å². The van der Waals surface area contributed by atoms with Gasteiger partial charge in [0.05, 0.1) is 24.1 Å². The molecule has 2 aromatic rings. The highest BCUT2D eigenvalue weighted by Crippen LogP contribution is 2.30. The summed E-state index contributed by atoms with van der Waals surface area (Å²) in [6, 6.07) is 8.89. The Morgan fingerprint density at radius 2 is 1.77 bits per heavy atom. The lowest BCUT2D eigenvalue weighted by Gasteiger charge is -2.33. The molecule has 2 amide bonds. The van der Waals surface area contributed by atoms with Crippen molar-refractivity contribution in [2.45, 2.75) is 45.8 Å². The first-order valence-electron chi connectivity index (χ1n) is 11.0. The number of carbonyl (C=O) groups excluding carboxylic acids is 2. The Morgan fingerprint density at radius 3 is 2.26 bits per heavy atom. The maximum absolute atomic E-state index is 13.6. The molecule has 0 aliphatic heterocycles. The summed E-state index contributed by atoms with van der Waals surface area (Å²) >= 11 is 6.18. The van der Waals surface area contributed by atoms with Gasteiger partial charge in [0.15, 0.2) is 0 Å². The zero-order valence-corrected chi connectivity index (χ0v) is 22.0. The van der Waals surface area contributed by atoms with Crippen molar-refractivity contribution in [3.05, 3.63) is 58.9 Å². The molecular weight excluding hydrogens is 497 g/mol. The summed E-state index contributed by atoms with van der Waals surface area (Å²) in [5.74, 6) is -1.05. The molecule has 0 radical (unpaired) electrons. The van der Waals surface area contributed by atoms with Gasteiger partial charge in [-0.1, -0.05) is 30.7 Å². The highest BCUT2D eigenvalue weighted by atomic mass is 35.5. The summed E-state index contributed by atoms with van der Waals surface area (Å²) in [6.45, 7) is 4.79. The maximum Gasteiger partial charge on any atom is 0.244 e. The number of nitrogens with one attached hydrogen (secondary N) is 1. The number of hydrogen-bond donors (Lipinski definition) is 1. The molecular formula is C24H31ClFN3O5S. The lowest BCUT2D eigenvalue weighted by atomic mass is 10.1. The van der Waals surface area contributed by atoms with Crippen LogP contribution in [-0.4, -0.2) is 57.1 Å². The largest absolute Gasteiger partial charge is 0.495 e. The molecule has 0 aliphatic carbocycles. The molecule has 1 N–H and O–H groups in total. The number of hydrogen-bond acceptors (Lipinski definition) is 5. The zero-order chi connectivity index (χ0) is 26.3. The molecule has 0 aliphatic rings. The first-order chi connectivity index (χ1) is 16.4. The summed E-state index contributed by atoms with van der Waals surface area (Å²) in [6.07, 6.45) is 1.27. The zero-order valence-electron chi connectivity index (χ0n) is 20.4. The molecule has 0 saturated heterocycles. The Balaban J connectivity index is 2.45. The highest BCUT2D eigenvalue weighted by Gasteiger charge is 2.32. The van der Waals surface area contributed by atoms with Crippen LogP contribution in [0.1, 0.15) is 32.8 Å². The molecule has 0 aromatic heterocycles. The molecule has 11 heteroatoms. The number of rotatable bonds is 11. The Hall–Kier alpha value is -2.85. The van der Waals surface area contributed by atoms with Gasteiger partial charge in [0, 0.05) is 12.6 Å². The second kappa shape index (κ2) is 12.2. The number of anilines is 1. The van der Waals surface area contributed by atoms with Crippen LogP contribution in [0.5, 0.6) is 5.75 Å². The molecule has 0 heterocycles. The summed E-state index contributed by atoms with van der Waals surface area (Å²) in [5, 5.41) is 2.98. The van der Waals surface area contributed by atoms with Crippen molar-refractivity contribution in [2.75, 3.05) is 24.2 Å². The topological polar surface area (TPSA) is 96.0 Å². The van der Waals surface area contributed by atoms with Crippen LogP contribution < -0.4 is 14.4 Å². The lowest BCUT2D eigenvalue weighted by molar-refractivity contribution is -0.140. The van der Waals surface area contributed by atoms with Crippen molar-refractivity contribution in [3.63, 3.8) is 0 Å². The molecule has 1 atom stereocenters. The number of nitrogens with zero attached hydrogens (tertiary/aromatic N) is 2. The summed E-state index contributed by atoms with van der Waals surface area (Å²) in [5.41, 5.74) is 0.766. The summed E-state index contributed by atoms with van der Waals surface area (Å²) in [7, 11) is -2.47. The Kier molecular flexibility index (Phi) is 9.91. The SMILES string of the molecule is CCC(C(=O)NC(C)C)N(Cc1ccc(F)cc1)C(=O)CN(c1ccc(OC)c(Cl)c1)S(C)(=O)=O. The average molecular weight is 528 g/mol. The van der Waals surface area contributed by atoms with E-state index < -0.39 is 34.3 Å². The van der Waals surface area contributed by atoms with Crippen molar-refractivity contribution in [3.8, 4) is 5.75 Å². The van der Waals surface area contributed by atoms with Gasteiger partial charge in [-0.2, -0.15) is 0 Å². The molecule has 8 nitrogen and oxygen atoms in total. The predicted molar refractivity (Wildman–Crippen MR) is 135 cm³/mol. The van der Waals surface area contributed by atoms with Crippen molar-refractivity contribution in [2.24, 2.45) is 0 Å². The van der Waals surface area contributed by atoms with Crippen LogP contribution in [0.4, 0.5) is 10.1 Å². The third-order valence-corrected chi connectivity index (χ3v) is 6.62. The fourth-order valence-corrected chi connectivity index (χ4v) is 4.60. The van der Waals surface area contributed by atoms with Gasteiger partial charge in [-0.15, -0.1) is 0 Å².